The lowest BCUT2D eigenvalue weighted by Crippen LogP contribution is -2.34. The molecule has 0 amide bonds. The lowest BCUT2D eigenvalue weighted by Gasteiger charge is -2.31. The normalized spacial score (nSPS) is 15.1. The maximum atomic E-state index is 13.0. The summed E-state index contributed by atoms with van der Waals surface area (Å²) in [7, 11) is 0. The minimum absolute atomic E-state index is 0.0443. The van der Waals surface area contributed by atoms with Crippen LogP contribution < -0.4 is 5.73 Å². The van der Waals surface area contributed by atoms with Gasteiger partial charge in [0.2, 0.25) is 0 Å². The highest BCUT2D eigenvalue weighted by Crippen LogP contribution is 2.42. The highest BCUT2D eigenvalue weighted by Gasteiger charge is 2.41. The van der Waals surface area contributed by atoms with Gasteiger partial charge in [-0.15, -0.1) is 0 Å². The van der Waals surface area contributed by atoms with Crippen LogP contribution in [0.1, 0.15) is 36.6 Å². The van der Waals surface area contributed by atoms with Gasteiger partial charge in [0, 0.05) is 18.1 Å². The number of rotatable bonds is 3. The average Bonchev–Trinajstić information content (AvgIpc) is 2.35. The van der Waals surface area contributed by atoms with Crippen molar-refractivity contribution in [2.24, 2.45) is 11.1 Å². The van der Waals surface area contributed by atoms with Crippen molar-refractivity contribution in [2.45, 2.75) is 32.2 Å². The maximum absolute atomic E-state index is 13.0. The van der Waals surface area contributed by atoms with E-state index in [9.17, 15) is 26.3 Å². The summed E-state index contributed by atoms with van der Waals surface area (Å²) < 4.78 is 76.6. The van der Waals surface area contributed by atoms with Gasteiger partial charge >= 0.3 is 12.4 Å². The third-order valence-corrected chi connectivity index (χ3v) is 3.27. The summed E-state index contributed by atoms with van der Waals surface area (Å²) in [4.78, 5) is 0. The smallest absolute Gasteiger partial charge is 0.396 e. The molecule has 0 aliphatic heterocycles. The van der Waals surface area contributed by atoms with Crippen LogP contribution in [0.4, 0.5) is 26.3 Å². The van der Waals surface area contributed by atoms with Crippen LogP contribution in [0.25, 0.3) is 0 Å². The van der Waals surface area contributed by atoms with E-state index in [1.54, 1.807) is 0 Å². The van der Waals surface area contributed by atoms with Crippen LogP contribution in [0.15, 0.2) is 18.2 Å². The highest BCUT2D eigenvalue weighted by atomic mass is 19.4. The van der Waals surface area contributed by atoms with Gasteiger partial charge in [0.05, 0.1) is 11.1 Å². The Labute approximate surface area is 117 Å². The van der Waals surface area contributed by atoms with Crippen LogP contribution in [-0.4, -0.2) is 11.7 Å². The Morgan fingerprint density at radius 1 is 1.05 bits per heavy atom. The third kappa shape index (κ3) is 3.88. The number of aliphatic hydroxyl groups is 1. The highest BCUT2D eigenvalue weighted by molar-refractivity contribution is 5.38. The van der Waals surface area contributed by atoms with Crippen LogP contribution >= 0.6 is 0 Å². The Balaban J connectivity index is 3.47. The van der Waals surface area contributed by atoms with Crippen molar-refractivity contribution in [3.63, 3.8) is 0 Å². The first-order valence-electron chi connectivity index (χ1n) is 5.95. The summed E-state index contributed by atoms with van der Waals surface area (Å²) in [5.41, 5.74) is 1.28. The standard InChI is InChI=1S/C13H15F6NO/c1-11(2,6-21)10(20)8-4-3-7(12(14,15)16)5-9(8)13(17,18)19/h3-5,10,21H,6,20H2,1-2H3/t10-/m0/s1. The fraction of sp³-hybridized carbons (Fsp3) is 0.538. The first-order chi connectivity index (χ1) is 9.30. The minimum atomic E-state index is -4.97. The Morgan fingerprint density at radius 2 is 1.57 bits per heavy atom. The molecule has 21 heavy (non-hydrogen) atoms. The van der Waals surface area contributed by atoms with Gasteiger partial charge in [-0.3, -0.25) is 0 Å². The molecule has 1 aromatic carbocycles. The number of aliphatic hydroxyl groups excluding tert-OH is 1. The molecule has 0 aliphatic carbocycles. The lowest BCUT2D eigenvalue weighted by atomic mass is 9.80. The predicted octanol–water partition coefficient (Wildman–Crippen LogP) is 3.74. The second kappa shape index (κ2) is 5.49. The van der Waals surface area contributed by atoms with Crippen molar-refractivity contribution in [3.05, 3.63) is 34.9 Å². The molecule has 1 atom stereocenters. The lowest BCUT2D eigenvalue weighted by molar-refractivity contribution is -0.143. The van der Waals surface area contributed by atoms with Crippen molar-refractivity contribution in [2.75, 3.05) is 6.61 Å². The first kappa shape index (κ1) is 17.8. The maximum Gasteiger partial charge on any atom is 0.416 e. The Bertz CT molecular complexity index is 506. The molecule has 3 N–H and O–H groups in total. The molecular weight excluding hydrogens is 300 g/mol. The second-order valence-electron chi connectivity index (χ2n) is 5.42. The number of nitrogens with two attached hydrogens (primary N) is 1. The zero-order valence-corrected chi connectivity index (χ0v) is 11.3. The molecule has 1 rings (SSSR count). The van der Waals surface area contributed by atoms with Crippen LogP contribution in [0.2, 0.25) is 0 Å². The van der Waals surface area contributed by atoms with Gasteiger partial charge in [-0.25, -0.2) is 0 Å². The molecule has 0 saturated heterocycles. The summed E-state index contributed by atoms with van der Waals surface area (Å²) in [5, 5.41) is 9.16. The summed E-state index contributed by atoms with van der Waals surface area (Å²) in [6, 6.07) is 0.0512. The topological polar surface area (TPSA) is 46.2 Å². The number of alkyl halides is 6. The van der Waals surface area contributed by atoms with Gasteiger partial charge in [0.1, 0.15) is 0 Å². The molecule has 0 fully saturated rings. The Morgan fingerprint density at radius 3 is 1.95 bits per heavy atom. The number of hydrogen-bond acceptors (Lipinski definition) is 2. The van der Waals surface area contributed by atoms with E-state index in [2.05, 4.69) is 0 Å². The van der Waals surface area contributed by atoms with E-state index in [0.717, 1.165) is 0 Å². The first-order valence-corrected chi connectivity index (χ1v) is 5.95. The molecule has 0 heterocycles. The quantitative estimate of drug-likeness (QED) is 0.835. The molecule has 0 aromatic heterocycles. The average molecular weight is 315 g/mol. The van der Waals surface area contributed by atoms with Crippen molar-refractivity contribution in [3.8, 4) is 0 Å². The monoisotopic (exact) mass is 315 g/mol. The van der Waals surface area contributed by atoms with E-state index in [4.69, 9.17) is 10.8 Å². The molecule has 1 aromatic rings. The SMILES string of the molecule is CC(C)(CO)[C@@H](N)c1ccc(C(F)(F)F)cc1C(F)(F)F. The van der Waals surface area contributed by atoms with Gasteiger partial charge in [-0.1, -0.05) is 19.9 Å². The Kier molecular flexibility index (Phi) is 4.65. The van der Waals surface area contributed by atoms with Crippen molar-refractivity contribution >= 4 is 0 Å². The summed E-state index contributed by atoms with van der Waals surface area (Å²) in [6.07, 6.45) is -9.85. The summed E-state index contributed by atoms with van der Waals surface area (Å²) >= 11 is 0. The molecule has 8 heteroatoms. The van der Waals surface area contributed by atoms with Crippen molar-refractivity contribution < 1.29 is 31.4 Å². The zero-order chi connectivity index (χ0) is 16.6. The van der Waals surface area contributed by atoms with Gasteiger partial charge in [-0.2, -0.15) is 26.3 Å². The van der Waals surface area contributed by atoms with E-state index in [-0.39, 0.29) is 6.07 Å². The van der Waals surface area contributed by atoms with Gasteiger partial charge in [0.25, 0.3) is 0 Å². The van der Waals surface area contributed by atoms with E-state index in [1.165, 1.54) is 13.8 Å². The van der Waals surface area contributed by atoms with E-state index >= 15 is 0 Å². The molecule has 0 radical (unpaired) electrons. The minimum Gasteiger partial charge on any atom is -0.396 e. The third-order valence-electron chi connectivity index (χ3n) is 3.27. The van der Waals surface area contributed by atoms with Crippen LogP contribution in [0, 0.1) is 5.41 Å². The predicted molar refractivity (Wildman–Crippen MR) is 64.2 cm³/mol. The fourth-order valence-electron chi connectivity index (χ4n) is 1.77. The zero-order valence-electron chi connectivity index (χ0n) is 11.3. The summed E-state index contributed by atoms with van der Waals surface area (Å²) in [5.74, 6) is 0. The number of halogens is 6. The summed E-state index contributed by atoms with van der Waals surface area (Å²) in [6.45, 7) is 2.34. The molecule has 0 bridgehead atoms. The van der Waals surface area contributed by atoms with E-state index in [0.29, 0.717) is 12.1 Å². The van der Waals surface area contributed by atoms with Gasteiger partial charge in [0.15, 0.2) is 0 Å². The van der Waals surface area contributed by atoms with Crippen LogP contribution in [0.3, 0.4) is 0 Å². The van der Waals surface area contributed by atoms with Crippen LogP contribution in [0.5, 0.6) is 0 Å². The number of benzene rings is 1. The second-order valence-corrected chi connectivity index (χ2v) is 5.42. The molecule has 120 valence electrons. The fourth-order valence-corrected chi connectivity index (χ4v) is 1.77. The number of hydrogen-bond donors (Lipinski definition) is 2. The van der Waals surface area contributed by atoms with Crippen LogP contribution in [-0.2, 0) is 12.4 Å². The largest absolute Gasteiger partial charge is 0.416 e. The van der Waals surface area contributed by atoms with Gasteiger partial charge < -0.3 is 10.8 Å². The van der Waals surface area contributed by atoms with E-state index in [1.807, 2.05) is 0 Å². The molecule has 0 spiro atoms. The molecule has 2 nitrogen and oxygen atoms in total. The molecule has 0 unspecified atom stereocenters. The molecule has 0 saturated carbocycles. The van der Waals surface area contributed by atoms with E-state index < -0.39 is 47.1 Å². The molecule has 0 aliphatic rings. The van der Waals surface area contributed by atoms with Crippen molar-refractivity contribution in [1.29, 1.82) is 0 Å². The Hall–Kier alpha value is -1.28. The van der Waals surface area contributed by atoms with Gasteiger partial charge in [-0.05, 0) is 17.7 Å². The molecular formula is C13H15F6NO. The van der Waals surface area contributed by atoms with Crippen molar-refractivity contribution in [1.82, 2.24) is 0 Å².